The third-order valence-electron chi connectivity index (χ3n) is 2.62. The molecule has 1 rings (SSSR count). The normalized spacial score (nSPS) is 13.9. The molecule has 1 atom stereocenters. The molecule has 0 fully saturated rings. The maximum absolute atomic E-state index is 9.25. The van der Waals surface area contributed by atoms with Gasteiger partial charge in [-0.25, -0.2) is 9.67 Å². The Balaban J connectivity index is 2.59. The van der Waals surface area contributed by atoms with Gasteiger partial charge in [-0.2, -0.15) is 5.10 Å². The van der Waals surface area contributed by atoms with Gasteiger partial charge in [-0.1, -0.05) is 17.7 Å². The molecule has 0 aliphatic heterocycles. The van der Waals surface area contributed by atoms with Crippen molar-refractivity contribution in [3.8, 4) is 0 Å². The maximum atomic E-state index is 9.25. The average Bonchev–Trinajstić information content (AvgIpc) is 2.87. The van der Waals surface area contributed by atoms with E-state index in [0.29, 0.717) is 12.4 Å². The van der Waals surface area contributed by atoms with Crippen molar-refractivity contribution >= 4 is 27.9 Å². The number of aliphatic imine (C=N–C) groups is 1. The molecular formula is C12H23N5O2S2. The van der Waals surface area contributed by atoms with Gasteiger partial charge < -0.3 is 15.6 Å². The van der Waals surface area contributed by atoms with E-state index in [2.05, 4.69) is 15.1 Å². The number of aromatic nitrogens is 3. The Labute approximate surface area is 133 Å². The van der Waals surface area contributed by atoms with Gasteiger partial charge in [0.25, 0.3) is 0 Å². The van der Waals surface area contributed by atoms with Crippen molar-refractivity contribution in [2.45, 2.75) is 50.6 Å². The Morgan fingerprint density at radius 1 is 1.62 bits per heavy atom. The highest BCUT2D eigenvalue weighted by molar-refractivity contribution is 8.76. The van der Waals surface area contributed by atoms with Gasteiger partial charge in [0.05, 0.1) is 37.1 Å². The van der Waals surface area contributed by atoms with E-state index in [1.54, 1.807) is 4.68 Å². The topological polar surface area (TPSA) is 98.5 Å². The lowest BCUT2D eigenvalue weighted by Crippen LogP contribution is -2.36. The second kappa shape index (κ2) is 9.29. The van der Waals surface area contributed by atoms with Gasteiger partial charge in [0.15, 0.2) is 5.16 Å². The van der Waals surface area contributed by atoms with Crippen molar-refractivity contribution in [3.05, 3.63) is 6.33 Å². The van der Waals surface area contributed by atoms with Crippen LogP contribution in [-0.4, -0.2) is 50.4 Å². The summed E-state index contributed by atoms with van der Waals surface area (Å²) in [4.78, 5) is 8.15. The van der Waals surface area contributed by atoms with E-state index in [0.717, 1.165) is 11.6 Å². The third-order valence-corrected chi connectivity index (χ3v) is 4.58. The summed E-state index contributed by atoms with van der Waals surface area (Å²) in [5, 5.41) is 14.3. The third kappa shape index (κ3) is 6.68. The van der Waals surface area contributed by atoms with E-state index in [4.69, 9.17) is 10.5 Å². The van der Waals surface area contributed by atoms with Crippen molar-refractivity contribution < 1.29 is 9.84 Å². The fourth-order valence-electron chi connectivity index (χ4n) is 1.68. The SMILES string of the molecule is CCC(CO)OC(C)(C)Cn1ncnc1SSCN=CN. The van der Waals surface area contributed by atoms with Gasteiger partial charge >= 0.3 is 0 Å². The molecule has 21 heavy (non-hydrogen) atoms. The molecule has 0 saturated carbocycles. The summed E-state index contributed by atoms with van der Waals surface area (Å²) in [5.41, 5.74) is 4.75. The van der Waals surface area contributed by atoms with Gasteiger partial charge in [-0.3, -0.25) is 4.99 Å². The number of aliphatic hydroxyl groups excluding tert-OH is 1. The maximum Gasteiger partial charge on any atom is 0.197 e. The molecule has 0 aromatic carbocycles. The molecule has 0 bridgehead atoms. The molecular weight excluding hydrogens is 310 g/mol. The standard InChI is InChI=1S/C12H23N5O2S2/c1-4-10(5-18)19-12(2,3)6-17-11(15-8-16-17)21-20-9-14-7-13/h7-8,10,18H,4-6,9H2,1-3H3,(H2,13,14). The lowest BCUT2D eigenvalue weighted by molar-refractivity contribution is -0.101. The van der Waals surface area contributed by atoms with Gasteiger partial charge in [0.1, 0.15) is 6.33 Å². The molecule has 3 N–H and O–H groups in total. The fourth-order valence-corrected chi connectivity index (χ4v) is 3.31. The lowest BCUT2D eigenvalue weighted by atomic mass is 10.1. The summed E-state index contributed by atoms with van der Waals surface area (Å²) in [7, 11) is 3.03. The van der Waals surface area contributed by atoms with Crippen molar-refractivity contribution in [2.75, 3.05) is 12.5 Å². The number of nitrogens with two attached hydrogens (primary N) is 1. The first-order valence-electron chi connectivity index (χ1n) is 6.68. The molecule has 7 nitrogen and oxygen atoms in total. The Kier molecular flexibility index (Phi) is 8.09. The van der Waals surface area contributed by atoms with Crippen LogP contribution in [0, 0.1) is 0 Å². The summed E-state index contributed by atoms with van der Waals surface area (Å²) in [6.07, 6.45) is 3.42. The van der Waals surface area contributed by atoms with Crippen LogP contribution in [-0.2, 0) is 11.3 Å². The summed E-state index contributed by atoms with van der Waals surface area (Å²) in [6.45, 7) is 6.53. The Bertz CT molecular complexity index is 435. The highest BCUT2D eigenvalue weighted by Gasteiger charge is 2.25. The van der Waals surface area contributed by atoms with E-state index >= 15 is 0 Å². The smallest absolute Gasteiger partial charge is 0.197 e. The van der Waals surface area contributed by atoms with E-state index in [9.17, 15) is 5.11 Å². The van der Waals surface area contributed by atoms with Crippen molar-refractivity contribution in [1.82, 2.24) is 14.8 Å². The highest BCUT2D eigenvalue weighted by Crippen LogP contribution is 2.30. The lowest BCUT2D eigenvalue weighted by Gasteiger charge is -2.29. The second-order valence-electron chi connectivity index (χ2n) is 4.95. The first kappa shape index (κ1) is 18.3. The molecule has 1 aromatic rings. The molecule has 0 spiro atoms. The fraction of sp³-hybridized carbons (Fsp3) is 0.750. The predicted molar refractivity (Wildman–Crippen MR) is 87.3 cm³/mol. The van der Waals surface area contributed by atoms with Crippen LogP contribution < -0.4 is 5.73 Å². The van der Waals surface area contributed by atoms with Crippen LogP contribution in [0.3, 0.4) is 0 Å². The number of ether oxygens (including phenoxy) is 1. The summed E-state index contributed by atoms with van der Waals surface area (Å²) in [5.74, 6) is 0.566. The molecule has 0 aliphatic rings. The minimum atomic E-state index is -0.438. The Morgan fingerprint density at radius 2 is 2.38 bits per heavy atom. The predicted octanol–water partition coefficient (Wildman–Crippen LogP) is 1.53. The van der Waals surface area contributed by atoms with Crippen molar-refractivity contribution in [3.63, 3.8) is 0 Å². The van der Waals surface area contributed by atoms with E-state index in [1.165, 1.54) is 34.3 Å². The number of hydrogen-bond acceptors (Lipinski definition) is 7. The first-order chi connectivity index (χ1) is 10.0. The molecule has 0 saturated heterocycles. The quantitative estimate of drug-likeness (QED) is 0.290. The molecule has 0 aliphatic carbocycles. The van der Waals surface area contributed by atoms with Crippen LogP contribution in [0.2, 0.25) is 0 Å². The molecule has 1 heterocycles. The monoisotopic (exact) mass is 333 g/mol. The summed E-state index contributed by atoms with van der Waals surface area (Å²) >= 11 is 0. The van der Waals surface area contributed by atoms with Gasteiger partial charge in [-0.15, -0.1) is 0 Å². The molecule has 1 aromatic heterocycles. The van der Waals surface area contributed by atoms with Crippen LogP contribution in [0.4, 0.5) is 0 Å². The van der Waals surface area contributed by atoms with Gasteiger partial charge in [-0.05, 0) is 31.1 Å². The first-order valence-corrected chi connectivity index (χ1v) is 9.00. The summed E-state index contributed by atoms with van der Waals surface area (Å²) in [6, 6.07) is 0. The number of aliphatic hydroxyl groups is 1. The van der Waals surface area contributed by atoms with Gasteiger partial charge in [0.2, 0.25) is 0 Å². The number of rotatable bonds is 10. The molecule has 9 heteroatoms. The second-order valence-corrected chi connectivity index (χ2v) is 7.19. The zero-order valence-electron chi connectivity index (χ0n) is 12.6. The highest BCUT2D eigenvalue weighted by atomic mass is 33.1. The van der Waals surface area contributed by atoms with E-state index < -0.39 is 5.60 Å². The molecule has 0 radical (unpaired) electrons. The van der Waals surface area contributed by atoms with E-state index in [-0.39, 0.29) is 12.7 Å². The van der Waals surface area contributed by atoms with Crippen LogP contribution in [0.15, 0.2) is 16.5 Å². The van der Waals surface area contributed by atoms with Crippen LogP contribution in [0.1, 0.15) is 27.2 Å². The van der Waals surface area contributed by atoms with Crippen molar-refractivity contribution in [2.24, 2.45) is 10.7 Å². The minimum Gasteiger partial charge on any atom is -0.394 e. The van der Waals surface area contributed by atoms with E-state index in [1.807, 2.05) is 20.8 Å². The van der Waals surface area contributed by atoms with Crippen molar-refractivity contribution in [1.29, 1.82) is 0 Å². The van der Waals surface area contributed by atoms with Crippen LogP contribution >= 0.6 is 21.6 Å². The van der Waals surface area contributed by atoms with Crippen LogP contribution in [0.25, 0.3) is 0 Å². The minimum absolute atomic E-state index is 0.0197. The van der Waals surface area contributed by atoms with Gasteiger partial charge in [0, 0.05) is 0 Å². The molecule has 1 unspecified atom stereocenters. The van der Waals surface area contributed by atoms with Crippen LogP contribution in [0.5, 0.6) is 0 Å². The largest absolute Gasteiger partial charge is 0.394 e. The zero-order chi connectivity index (χ0) is 15.7. The molecule has 120 valence electrons. The average molecular weight is 333 g/mol. The zero-order valence-corrected chi connectivity index (χ0v) is 14.2. The number of nitrogens with zero attached hydrogens (tertiary/aromatic N) is 4. The summed E-state index contributed by atoms with van der Waals surface area (Å²) < 4.78 is 7.71. The Morgan fingerprint density at radius 3 is 3.00 bits per heavy atom. The number of hydrogen-bond donors (Lipinski definition) is 2. The Hall–Kier alpha value is -0.770. The molecule has 0 amide bonds.